The Kier molecular flexibility index (Phi) is 8.99. The molecule has 3 heterocycles. The summed E-state index contributed by atoms with van der Waals surface area (Å²) in [6.45, 7) is -0.118. The standard InChI is InChI=1S/C18H32O15/c1-4-7(21)9(23)11(25)17(29-4)32-14-6(3-20)30-16(28)13(27)15(14)33-18-12(26)10(24)8(22)5(2-19)31-18/h4-28H,2-3H2,1H3/t4-,5+,6+,7+,8+,9+,10-,11-,12+,13+,14-,15+,16?,17-,18+/m0/s1. The predicted molar refractivity (Wildman–Crippen MR) is 99.8 cm³/mol. The van der Waals surface area contributed by atoms with E-state index in [0.29, 0.717) is 0 Å². The molecule has 15 heteroatoms. The maximum absolute atomic E-state index is 10.5. The molecule has 0 spiro atoms. The number of hydrogen-bond acceptors (Lipinski definition) is 15. The second-order valence-electron chi connectivity index (χ2n) is 8.32. The van der Waals surface area contributed by atoms with Gasteiger partial charge in [-0.15, -0.1) is 0 Å². The number of aliphatic hydroxyl groups excluding tert-OH is 10. The van der Waals surface area contributed by atoms with E-state index < -0.39 is 105 Å². The molecular formula is C18H32O15. The number of rotatable bonds is 6. The molecule has 0 bridgehead atoms. The fraction of sp³-hybridized carbons (Fsp3) is 1.00. The molecule has 0 aromatic heterocycles. The molecule has 0 saturated carbocycles. The van der Waals surface area contributed by atoms with Gasteiger partial charge in [-0.3, -0.25) is 0 Å². The highest BCUT2D eigenvalue weighted by Gasteiger charge is 2.53. The van der Waals surface area contributed by atoms with Gasteiger partial charge < -0.3 is 74.7 Å². The lowest BCUT2D eigenvalue weighted by molar-refractivity contribution is -0.382. The van der Waals surface area contributed by atoms with Crippen molar-refractivity contribution in [2.45, 2.75) is 99.0 Å². The average Bonchev–Trinajstić information content (AvgIpc) is 2.80. The van der Waals surface area contributed by atoms with Crippen molar-refractivity contribution in [3.05, 3.63) is 0 Å². The SMILES string of the molecule is C[C@@H]1O[C@@H](O[C@@H]2[C@H](O[C@H]3O[C@H](CO)[C@@H](O)[C@H](O)[C@H]3O)[C@@H](O)C(O)O[C@@H]2CO)[C@@H](O)[C@H](O)[C@@H]1O. The minimum atomic E-state index is -1.89. The topological polar surface area (TPSA) is 248 Å². The van der Waals surface area contributed by atoms with Crippen molar-refractivity contribution in [1.29, 1.82) is 0 Å². The molecule has 0 radical (unpaired) electrons. The van der Waals surface area contributed by atoms with Gasteiger partial charge in [-0.1, -0.05) is 0 Å². The Morgan fingerprint density at radius 2 is 1.06 bits per heavy atom. The van der Waals surface area contributed by atoms with Gasteiger partial charge in [0.1, 0.15) is 67.1 Å². The van der Waals surface area contributed by atoms with Gasteiger partial charge in [0.15, 0.2) is 18.9 Å². The third-order valence-corrected chi connectivity index (χ3v) is 6.05. The summed E-state index contributed by atoms with van der Waals surface area (Å²) in [5, 5.41) is 99.8. The third-order valence-electron chi connectivity index (χ3n) is 6.05. The first kappa shape index (κ1) is 27.0. The summed E-state index contributed by atoms with van der Waals surface area (Å²) in [5.41, 5.74) is 0. The van der Waals surface area contributed by atoms with Crippen LogP contribution in [0.4, 0.5) is 0 Å². The van der Waals surface area contributed by atoms with Crippen LogP contribution in [0.3, 0.4) is 0 Å². The van der Waals surface area contributed by atoms with Crippen molar-refractivity contribution in [2.24, 2.45) is 0 Å². The molecule has 0 aromatic carbocycles. The summed E-state index contributed by atoms with van der Waals surface area (Å²) in [6.07, 6.45) is -24.1. The second-order valence-corrected chi connectivity index (χ2v) is 8.32. The smallest absolute Gasteiger partial charge is 0.187 e. The average molecular weight is 488 g/mol. The molecule has 194 valence electrons. The summed E-state index contributed by atoms with van der Waals surface area (Å²) in [7, 11) is 0. The minimum Gasteiger partial charge on any atom is -0.394 e. The van der Waals surface area contributed by atoms with E-state index in [1.54, 1.807) is 0 Å². The number of aliphatic hydroxyl groups is 10. The quantitative estimate of drug-likeness (QED) is 0.167. The summed E-state index contributed by atoms with van der Waals surface area (Å²) in [4.78, 5) is 0. The zero-order chi connectivity index (χ0) is 24.6. The molecule has 1 unspecified atom stereocenters. The maximum Gasteiger partial charge on any atom is 0.187 e. The van der Waals surface area contributed by atoms with E-state index in [1.165, 1.54) is 6.92 Å². The van der Waals surface area contributed by atoms with Crippen molar-refractivity contribution in [3.63, 3.8) is 0 Å². The Balaban J connectivity index is 1.83. The first-order chi connectivity index (χ1) is 15.5. The Bertz CT molecular complexity index is 624. The van der Waals surface area contributed by atoms with Crippen molar-refractivity contribution >= 4 is 0 Å². The molecule has 0 amide bonds. The molecule has 3 fully saturated rings. The van der Waals surface area contributed by atoms with Gasteiger partial charge in [-0.25, -0.2) is 0 Å². The Morgan fingerprint density at radius 3 is 1.64 bits per heavy atom. The monoisotopic (exact) mass is 488 g/mol. The second kappa shape index (κ2) is 11.0. The van der Waals surface area contributed by atoms with Crippen molar-refractivity contribution in [2.75, 3.05) is 13.2 Å². The predicted octanol–water partition coefficient (Wildman–Crippen LogP) is -6.55. The van der Waals surface area contributed by atoms with Gasteiger partial charge in [0.25, 0.3) is 0 Å². The van der Waals surface area contributed by atoms with E-state index in [4.69, 9.17) is 23.7 Å². The molecule has 0 aromatic rings. The van der Waals surface area contributed by atoms with Crippen molar-refractivity contribution in [1.82, 2.24) is 0 Å². The van der Waals surface area contributed by atoms with Gasteiger partial charge in [-0.2, -0.15) is 0 Å². The highest BCUT2D eigenvalue weighted by Crippen LogP contribution is 2.32. The molecular weight excluding hydrogens is 456 g/mol. The van der Waals surface area contributed by atoms with Crippen LogP contribution in [0.25, 0.3) is 0 Å². The molecule has 0 aliphatic carbocycles. The number of hydrogen-bond donors (Lipinski definition) is 10. The lowest BCUT2D eigenvalue weighted by Gasteiger charge is -2.48. The van der Waals surface area contributed by atoms with Gasteiger partial charge in [-0.05, 0) is 6.92 Å². The highest BCUT2D eigenvalue weighted by atomic mass is 16.8. The van der Waals surface area contributed by atoms with E-state index in [1.807, 2.05) is 0 Å². The van der Waals surface area contributed by atoms with Crippen LogP contribution in [-0.4, -0.2) is 156 Å². The first-order valence-corrected chi connectivity index (χ1v) is 10.4. The van der Waals surface area contributed by atoms with E-state index >= 15 is 0 Å². The van der Waals surface area contributed by atoms with Gasteiger partial charge in [0, 0.05) is 0 Å². The fourth-order valence-electron chi connectivity index (χ4n) is 3.99. The Morgan fingerprint density at radius 1 is 0.545 bits per heavy atom. The lowest BCUT2D eigenvalue weighted by Crippen LogP contribution is -2.66. The minimum absolute atomic E-state index is 0.747. The summed E-state index contributed by atoms with van der Waals surface area (Å²) >= 11 is 0. The van der Waals surface area contributed by atoms with Crippen LogP contribution in [-0.2, 0) is 23.7 Å². The third kappa shape index (κ3) is 5.32. The molecule has 15 atom stereocenters. The van der Waals surface area contributed by atoms with Crippen molar-refractivity contribution in [3.8, 4) is 0 Å². The normalized spacial score (nSPS) is 53.7. The van der Waals surface area contributed by atoms with Crippen molar-refractivity contribution < 1.29 is 74.7 Å². The van der Waals surface area contributed by atoms with Crippen LogP contribution in [0.5, 0.6) is 0 Å². The molecule has 33 heavy (non-hydrogen) atoms. The van der Waals surface area contributed by atoms with Crippen LogP contribution in [0.15, 0.2) is 0 Å². The van der Waals surface area contributed by atoms with Crippen LogP contribution in [0.2, 0.25) is 0 Å². The highest BCUT2D eigenvalue weighted by molar-refractivity contribution is 4.96. The first-order valence-electron chi connectivity index (χ1n) is 10.4. The maximum atomic E-state index is 10.5. The number of ether oxygens (including phenoxy) is 5. The zero-order valence-corrected chi connectivity index (χ0v) is 17.6. The Labute approximate surface area is 187 Å². The molecule has 3 saturated heterocycles. The van der Waals surface area contributed by atoms with Crippen LogP contribution in [0.1, 0.15) is 6.92 Å². The fourth-order valence-corrected chi connectivity index (χ4v) is 3.99. The van der Waals surface area contributed by atoms with Gasteiger partial charge >= 0.3 is 0 Å². The van der Waals surface area contributed by atoms with Crippen LogP contribution >= 0.6 is 0 Å². The van der Waals surface area contributed by atoms with E-state index in [9.17, 15) is 51.1 Å². The van der Waals surface area contributed by atoms with E-state index in [0.717, 1.165) is 0 Å². The Hall–Kier alpha value is -0.600. The molecule has 10 N–H and O–H groups in total. The largest absolute Gasteiger partial charge is 0.394 e. The van der Waals surface area contributed by atoms with E-state index in [2.05, 4.69) is 0 Å². The molecule has 15 nitrogen and oxygen atoms in total. The summed E-state index contributed by atoms with van der Waals surface area (Å²) in [5.74, 6) is 0. The van der Waals surface area contributed by atoms with Crippen LogP contribution in [0, 0.1) is 0 Å². The van der Waals surface area contributed by atoms with Crippen LogP contribution < -0.4 is 0 Å². The summed E-state index contributed by atoms with van der Waals surface area (Å²) in [6, 6.07) is 0. The van der Waals surface area contributed by atoms with Gasteiger partial charge in [0.2, 0.25) is 0 Å². The van der Waals surface area contributed by atoms with Gasteiger partial charge in [0.05, 0.1) is 19.3 Å². The zero-order valence-electron chi connectivity index (χ0n) is 17.6. The molecule has 3 aliphatic heterocycles. The molecule has 3 rings (SSSR count). The summed E-state index contributed by atoms with van der Waals surface area (Å²) < 4.78 is 26.9. The lowest BCUT2D eigenvalue weighted by atomic mass is 9.96. The van der Waals surface area contributed by atoms with E-state index in [-0.39, 0.29) is 0 Å². The molecule has 3 aliphatic rings.